The van der Waals surface area contributed by atoms with E-state index in [0.717, 1.165) is 14.2 Å². The first-order valence-corrected chi connectivity index (χ1v) is 7.83. The van der Waals surface area contributed by atoms with E-state index in [4.69, 9.17) is 23.7 Å². The second-order valence-corrected chi connectivity index (χ2v) is 6.03. The molecule has 2 saturated heterocycles. The molecule has 156 valence electrons. The number of aliphatic hydroxyl groups is 4. The molecule has 13 heteroatoms. The first-order chi connectivity index (χ1) is 12.6. The van der Waals surface area contributed by atoms with Gasteiger partial charge in [0.2, 0.25) is 0 Å². The van der Waals surface area contributed by atoms with Crippen LogP contribution in [0.3, 0.4) is 0 Å². The molecule has 6 N–H and O–H groups in total. The Hall–Kier alpha value is -1.42. The maximum atomic E-state index is 11.4. The quantitative estimate of drug-likeness (QED) is 0.254. The summed E-state index contributed by atoms with van der Waals surface area (Å²) in [5.74, 6) is -3.11. The predicted octanol–water partition coefficient (Wildman–Crippen LogP) is -3.90. The lowest BCUT2D eigenvalue weighted by Gasteiger charge is -2.45. The highest BCUT2D eigenvalue weighted by Gasteiger charge is 2.54. The molecule has 0 amide bonds. The largest absolute Gasteiger partial charge is 0.479 e. The highest BCUT2D eigenvalue weighted by molar-refractivity contribution is 5.74. The average Bonchev–Trinajstić information content (AvgIpc) is 2.62. The number of carboxylic acids is 2. The minimum absolute atomic E-state index is 1.10. The van der Waals surface area contributed by atoms with E-state index < -0.39 is 73.4 Å². The number of carboxylic acid groups (broad SMARTS) is 2. The summed E-state index contributed by atoms with van der Waals surface area (Å²) in [6.07, 6.45) is -17.3. The van der Waals surface area contributed by atoms with Gasteiger partial charge in [-0.15, -0.1) is 0 Å². The second-order valence-electron chi connectivity index (χ2n) is 6.03. The van der Waals surface area contributed by atoms with Gasteiger partial charge >= 0.3 is 11.9 Å². The number of carbonyl (C=O) groups is 2. The fourth-order valence-electron chi connectivity index (χ4n) is 2.95. The Labute approximate surface area is 152 Å². The zero-order valence-electron chi connectivity index (χ0n) is 14.3. The van der Waals surface area contributed by atoms with Crippen molar-refractivity contribution in [2.75, 3.05) is 14.2 Å². The first kappa shape index (κ1) is 21.9. The van der Waals surface area contributed by atoms with Crippen LogP contribution in [-0.4, -0.2) is 118 Å². The maximum absolute atomic E-state index is 11.4. The molecule has 0 aromatic rings. The van der Waals surface area contributed by atoms with Gasteiger partial charge in [0.25, 0.3) is 0 Å². The number of hydrogen-bond donors (Lipinski definition) is 6. The fraction of sp³-hybridized carbons (Fsp3) is 0.857. The fourth-order valence-corrected chi connectivity index (χ4v) is 2.95. The Kier molecular flexibility index (Phi) is 7.07. The molecular formula is C14H22O13. The molecule has 13 nitrogen and oxygen atoms in total. The van der Waals surface area contributed by atoms with Crippen molar-refractivity contribution in [1.29, 1.82) is 0 Å². The van der Waals surface area contributed by atoms with Crippen LogP contribution in [-0.2, 0) is 33.3 Å². The number of hydrogen-bond acceptors (Lipinski definition) is 11. The first-order valence-electron chi connectivity index (χ1n) is 7.83. The minimum atomic E-state index is -1.86. The van der Waals surface area contributed by atoms with Gasteiger partial charge in [0.15, 0.2) is 24.8 Å². The summed E-state index contributed by atoms with van der Waals surface area (Å²) >= 11 is 0. The number of aliphatic carboxylic acids is 2. The van der Waals surface area contributed by atoms with Crippen LogP contribution < -0.4 is 0 Å². The minimum Gasteiger partial charge on any atom is -0.479 e. The smallest absolute Gasteiger partial charge is 0.335 e. The molecule has 0 aromatic carbocycles. The summed E-state index contributed by atoms with van der Waals surface area (Å²) in [4.78, 5) is 22.7. The van der Waals surface area contributed by atoms with E-state index in [-0.39, 0.29) is 0 Å². The van der Waals surface area contributed by atoms with Crippen LogP contribution in [0, 0.1) is 0 Å². The molecule has 10 atom stereocenters. The number of rotatable bonds is 6. The zero-order valence-corrected chi connectivity index (χ0v) is 14.3. The molecule has 0 aromatic heterocycles. The third kappa shape index (κ3) is 4.21. The van der Waals surface area contributed by atoms with Crippen LogP contribution in [0.2, 0.25) is 0 Å². The molecular weight excluding hydrogens is 376 g/mol. The van der Waals surface area contributed by atoms with Crippen LogP contribution in [0.1, 0.15) is 0 Å². The zero-order chi connectivity index (χ0) is 20.5. The lowest BCUT2D eigenvalue weighted by atomic mass is 9.96. The summed E-state index contributed by atoms with van der Waals surface area (Å²) in [5.41, 5.74) is 0. The molecule has 0 saturated carbocycles. The van der Waals surface area contributed by atoms with Gasteiger partial charge in [0, 0.05) is 14.2 Å². The molecule has 2 rings (SSSR count). The van der Waals surface area contributed by atoms with Crippen LogP contribution in [0.15, 0.2) is 0 Å². The average molecular weight is 398 g/mol. The lowest BCUT2D eigenvalue weighted by Crippen LogP contribution is -2.65. The summed E-state index contributed by atoms with van der Waals surface area (Å²) in [6.45, 7) is 0. The van der Waals surface area contributed by atoms with Crippen LogP contribution in [0.5, 0.6) is 0 Å². The summed E-state index contributed by atoms with van der Waals surface area (Å²) in [6, 6.07) is 0. The topological polar surface area (TPSA) is 202 Å². The lowest BCUT2D eigenvalue weighted by molar-refractivity contribution is -0.349. The second kappa shape index (κ2) is 8.72. The summed E-state index contributed by atoms with van der Waals surface area (Å²) < 4.78 is 24.9. The summed E-state index contributed by atoms with van der Waals surface area (Å²) in [7, 11) is 2.22. The van der Waals surface area contributed by atoms with Crippen molar-refractivity contribution >= 4 is 11.9 Å². The van der Waals surface area contributed by atoms with Crippen molar-refractivity contribution in [1.82, 2.24) is 0 Å². The third-order valence-corrected chi connectivity index (χ3v) is 4.37. The molecule has 0 bridgehead atoms. The van der Waals surface area contributed by atoms with Gasteiger partial charge in [-0.05, 0) is 0 Å². The van der Waals surface area contributed by atoms with E-state index >= 15 is 0 Å². The van der Waals surface area contributed by atoms with Gasteiger partial charge in [-0.2, -0.15) is 0 Å². The molecule has 0 radical (unpaired) electrons. The van der Waals surface area contributed by atoms with E-state index in [1.54, 1.807) is 0 Å². The number of methoxy groups -OCH3 is 2. The summed E-state index contributed by atoms with van der Waals surface area (Å²) in [5, 5.41) is 58.7. The SMILES string of the molecule is CO[C@H]1O[C@@H](C(=O)O)[C@H](O[C@H]2O[C@@H](C(=O)O)[C@@H](OC)[C@H](O)[C@H]2O)[C@H](O)[C@H]1O. The molecule has 2 aliphatic rings. The van der Waals surface area contributed by atoms with Crippen molar-refractivity contribution in [2.24, 2.45) is 0 Å². The molecule has 0 spiro atoms. The Morgan fingerprint density at radius 1 is 0.704 bits per heavy atom. The normalized spacial score (nSPS) is 45.4. The van der Waals surface area contributed by atoms with Crippen molar-refractivity contribution in [3.05, 3.63) is 0 Å². The van der Waals surface area contributed by atoms with Crippen molar-refractivity contribution in [3.8, 4) is 0 Å². The number of aliphatic hydroxyl groups excluding tert-OH is 4. The number of ether oxygens (including phenoxy) is 5. The van der Waals surface area contributed by atoms with Crippen LogP contribution in [0.25, 0.3) is 0 Å². The third-order valence-electron chi connectivity index (χ3n) is 4.37. The highest BCUT2D eigenvalue weighted by atomic mass is 16.7. The van der Waals surface area contributed by atoms with E-state index in [1.165, 1.54) is 0 Å². The molecule has 2 aliphatic heterocycles. The molecule has 2 fully saturated rings. The van der Waals surface area contributed by atoms with E-state index in [9.17, 15) is 40.2 Å². The predicted molar refractivity (Wildman–Crippen MR) is 79.3 cm³/mol. The van der Waals surface area contributed by atoms with Crippen molar-refractivity contribution < 1.29 is 63.9 Å². The Morgan fingerprint density at radius 2 is 1.15 bits per heavy atom. The maximum Gasteiger partial charge on any atom is 0.335 e. The van der Waals surface area contributed by atoms with Gasteiger partial charge in [0.05, 0.1) is 0 Å². The monoisotopic (exact) mass is 398 g/mol. The van der Waals surface area contributed by atoms with E-state index in [2.05, 4.69) is 0 Å². The highest BCUT2D eigenvalue weighted by Crippen LogP contribution is 2.30. The van der Waals surface area contributed by atoms with Crippen molar-refractivity contribution in [3.63, 3.8) is 0 Å². The van der Waals surface area contributed by atoms with Gasteiger partial charge in [0.1, 0.15) is 36.6 Å². The Balaban J connectivity index is 2.24. The van der Waals surface area contributed by atoms with Gasteiger partial charge in [-0.1, -0.05) is 0 Å². The molecule has 0 unspecified atom stereocenters. The molecule has 0 aliphatic carbocycles. The Bertz CT molecular complexity index is 541. The van der Waals surface area contributed by atoms with Gasteiger partial charge in [-0.3, -0.25) is 0 Å². The van der Waals surface area contributed by atoms with Crippen molar-refractivity contribution in [2.45, 2.75) is 61.4 Å². The standard InChI is InChI=1S/C14H22O13/c1-23-7-3(15)6(18)14(27-9(7)11(19)20)25-8-4(16)5(17)13(24-2)26-10(8)12(21)22/h3-10,13-18H,1-2H3,(H,19,20)(H,21,22)/t3-,4-,5-,6-,7+,8-,9-,10-,13+,14+/m1/s1. The molecule has 2 heterocycles. The van der Waals surface area contributed by atoms with Gasteiger partial charge in [-0.25, -0.2) is 9.59 Å². The van der Waals surface area contributed by atoms with Crippen LogP contribution >= 0.6 is 0 Å². The van der Waals surface area contributed by atoms with Crippen LogP contribution in [0.4, 0.5) is 0 Å². The molecule has 27 heavy (non-hydrogen) atoms. The van der Waals surface area contributed by atoms with Gasteiger partial charge < -0.3 is 54.3 Å². The van der Waals surface area contributed by atoms with E-state index in [1.807, 2.05) is 0 Å². The Morgan fingerprint density at radius 3 is 1.63 bits per heavy atom. The van der Waals surface area contributed by atoms with E-state index in [0.29, 0.717) is 0 Å².